The summed E-state index contributed by atoms with van der Waals surface area (Å²) in [4.78, 5) is 12.1. The molecule has 0 amide bonds. The minimum absolute atomic E-state index is 0.0729. The lowest BCUT2D eigenvalue weighted by molar-refractivity contribution is -0.146. The number of halogens is 2. The van der Waals surface area contributed by atoms with Gasteiger partial charge in [-0.05, 0) is 42.9 Å². The minimum Gasteiger partial charge on any atom is -0.469 e. The summed E-state index contributed by atoms with van der Waals surface area (Å²) >= 11 is 1.84. The third-order valence-electron chi connectivity index (χ3n) is 4.34. The Morgan fingerprint density at radius 2 is 2.10 bits per heavy atom. The molecule has 4 atom stereocenters. The second-order valence-electron chi connectivity index (χ2n) is 5.44. The van der Waals surface area contributed by atoms with Crippen LogP contribution in [0.4, 0.5) is 8.78 Å². The molecule has 0 radical (unpaired) electrons. The van der Waals surface area contributed by atoms with Crippen LogP contribution in [0, 0.1) is 17.6 Å². The highest BCUT2D eigenvalue weighted by atomic mass is 32.2. The maximum atomic E-state index is 13.5. The minimum atomic E-state index is -0.850. The van der Waals surface area contributed by atoms with Gasteiger partial charge in [-0.3, -0.25) is 4.79 Å². The van der Waals surface area contributed by atoms with Crippen LogP contribution in [0.15, 0.2) is 18.2 Å². The third kappa shape index (κ3) is 2.32. The van der Waals surface area contributed by atoms with Gasteiger partial charge in [-0.15, -0.1) is 0 Å². The first kappa shape index (κ1) is 13.9. The number of esters is 1. The molecule has 2 unspecified atom stereocenters. The van der Waals surface area contributed by atoms with Gasteiger partial charge in [-0.2, -0.15) is 11.8 Å². The summed E-state index contributed by atoms with van der Waals surface area (Å²) < 4.78 is 31.5. The molecule has 20 heavy (non-hydrogen) atoms. The lowest BCUT2D eigenvalue weighted by atomic mass is 9.81. The van der Waals surface area contributed by atoms with E-state index in [1.807, 2.05) is 11.8 Å². The second-order valence-corrected chi connectivity index (χ2v) is 6.98. The molecule has 2 nitrogen and oxygen atoms in total. The fraction of sp³-hybridized carbons (Fsp3) is 0.533. The van der Waals surface area contributed by atoms with Crippen LogP contribution in [0.2, 0.25) is 0 Å². The molecule has 5 heteroatoms. The Morgan fingerprint density at radius 1 is 1.30 bits per heavy atom. The van der Waals surface area contributed by atoms with E-state index in [4.69, 9.17) is 4.74 Å². The molecular formula is C15H16F2O2S. The van der Waals surface area contributed by atoms with E-state index in [1.54, 1.807) is 6.07 Å². The summed E-state index contributed by atoms with van der Waals surface area (Å²) in [5.74, 6) is -2.27. The largest absolute Gasteiger partial charge is 0.469 e. The van der Waals surface area contributed by atoms with E-state index >= 15 is 0 Å². The van der Waals surface area contributed by atoms with Gasteiger partial charge in [0.2, 0.25) is 0 Å². The van der Waals surface area contributed by atoms with Crippen molar-refractivity contribution >= 4 is 17.7 Å². The fourth-order valence-corrected chi connectivity index (χ4v) is 5.23. The van der Waals surface area contributed by atoms with Gasteiger partial charge in [0.25, 0.3) is 0 Å². The van der Waals surface area contributed by atoms with Crippen LogP contribution in [0.3, 0.4) is 0 Å². The first-order valence-electron chi connectivity index (χ1n) is 6.78. The van der Waals surface area contributed by atoms with Crippen molar-refractivity contribution in [2.75, 3.05) is 7.11 Å². The van der Waals surface area contributed by atoms with E-state index < -0.39 is 11.6 Å². The average Bonchev–Trinajstić information content (AvgIpc) is 2.82. The number of carbonyl (C=O) groups is 1. The SMILES string of the molecule is COC(=O)[C@@H]1C2CCC(C[C@H]1c1ccc(F)c(F)c1)S2. The zero-order chi connectivity index (χ0) is 14.3. The Bertz CT molecular complexity index is 535. The topological polar surface area (TPSA) is 26.3 Å². The van der Waals surface area contributed by atoms with Crippen LogP contribution in [0.25, 0.3) is 0 Å². The molecule has 2 aliphatic rings. The molecule has 1 aromatic rings. The number of benzene rings is 1. The number of fused-ring (bicyclic) bond motifs is 2. The summed E-state index contributed by atoms with van der Waals surface area (Å²) in [6.45, 7) is 0. The molecule has 0 saturated carbocycles. The van der Waals surface area contributed by atoms with Crippen molar-refractivity contribution in [1.82, 2.24) is 0 Å². The summed E-state index contributed by atoms with van der Waals surface area (Å²) in [5.41, 5.74) is 0.705. The van der Waals surface area contributed by atoms with Crippen molar-refractivity contribution in [2.45, 2.75) is 35.7 Å². The molecule has 3 rings (SSSR count). The first-order valence-corrected chi connectivity index (χ1v) is 7.72. The number of methoxy groups -OCH3 is 1. The van der Waals surface area contributed by atoms with Crippen molar-refractivity contribution in [3.63, 3.8) is 0 Å². The summed E-state index contributed by atoms with van der Waals surface area (Å²) in [6, 6.07) is 3.96. The number of thioether (sulfide) groups is 1. The molecule has 2 bridgehead atoms. The molecule has 2 saturated heterocycles. The van der Waals surface area contributed by atoms with E-state index in [0.29, 0.717) is 10.8 Å². The Labute approximate surface area is 120 Å². The lowest BCUT2D eigenvalue weighted by Gasteiger charge is -2.34. The van der Waals surface area contributed by atoms with Crippen LogP contribution in [-0.2, 0) is 9.53 Å². The molecule has 2 fully saturated rings. The van der Waals surface area contributed by atoms with Gasteiger partial charge < -0.3 is 4.74 Å². The predicted molar refractivity (Wildman–Crippen MR) is 73.6 cm³/mol. The normalized spacial score (nSPS) is 32.1. The van der Waals surface area contributed by atoms with Crippen LogP contribution in [-0.4, -0.2) is 23.6 Å². The summed E-state index contributed by atoms with van der Waals surface area (Å²) in [6.07, 6.45) is 2.91. The van der Waals surface area contributed by atoms with E-state index in [9.17, 15) is 13.6 Å². The number of hydrogen-bond acceptors (Lipinski definition) is 3. The van der Waals surface area contributed by atoms with Crippen molar-refractivity contribution in [2.24, 2.45) is 5.92 Å². The highest BCUT2D eigenvalue weighted by Crippen LogP contribution is 2.52. The van der Waals surface area contributed by atoms with Crippen LogP contribution in [0.5, 0.6) is 0 Å². The highest BCUT2D eigenvalue weighted by Gasteiger charge is 2.47. The van der Waals surface area contributed by atoms with Gasteiger partial charge in [0.15, 0.2) is 11.6 Å². The van der Waals surface area contributed by atoms with Gasteiger partial charge in [-0.1, -0.05) is 6.07 Å². The first-order chi connectivity index (χ1) is 9.60. The van der Waals surface area contributed by atoms with Crippen molar-refractivity contribution in [3.05, 3.63) is 35.4 Å². The average molecular weight is 298 g/mol. The van der Waals surface area contributed by atoms with Crippen molar-refractivity contribution < 1.29 is 18.3 Å². The zero-order valence-electron chi connectivity index (χ0n) is 11.1. The van der Waals surface area contributed by atoms with E-state index in [0.717, 1.165) is 25.3 Å². The molecule has 1 aromatic carbocycles. The highest BCUT2D eigenvalue weighted by molar-refractivity contribution is 8.00. The number of hydrogen-bond donors (Lipinski definition) is 0. The third-order valence-corrected chi connectivity index (χ3v) is 6.03. The lowest BCUT2D eigenvalue weighted by Crippen LogP contribution is -2.35. The van der Waals surface area contributed by atoms with Gasteiger partial charge in [0, 0.05) is 10.5 Å². The molecule has 0 spiro atoms. The second kappa shape index (κ2) is 5.35. The Hall–Kier alpha value is -1.10. The molecule has 2 aliphatic heterocycles. The summed E-state index contributed by atoms with van der Waals surface area (Å²) in [7, 11) is 1.39. The smallest absolute Gasteiger partial charge is 0.310 e. The van der Waals surface area contributed by atoms with E-state index in [1.165, 1.54) is 13.2 Å². The van der Waals surface area contributed by atoms with Crippen LogP contribution in [0.1, 0.15) is 30.7 Å². The number of rotatable bonds is 2. The maximum Gasteiger partial charge on any atom is 0.310 e. The summed E-state index contributed by atoms with van der Waals surface area (Å²) in [5, 5.41) is 0.748. The molecule has 0 aromatic heterocycles. The predicted octanol–water partition coefficient (Wildman–Crippen LogP) is 3.51. The van der Waals surface area contributed by atoms with Gasteiger partial charge >= 0.3 is 5.97 Å². The molecule has 0 aliphatic carbocycles. The Kier molecular flexibility index (Phi) is 3.71. The Morgan fingerprint density at radius 3 is 2.80 bits per heavy atom. The number of carbonyl (C=O) groups excluding carboxylic acids is 1. The quantitative estimate of drug-likeness (QED) is 0.782. The monoisotopic (exact) mass is 298 g/mol. The van der Waals surface area contributed by atoms with Crippen molar-refractivity contribution in [3.8, 4) is 0 Å². The van der Waals surface area contributed by atoms with Gasteiger partial charge in [0.05, 0.1) is 13.0 Å². The zero-order valence-corrected chi connectivity index (χ0v) is 12.0. The maximum absolute atomic E-state index is 13.5. The molecule has 108 valence electrons. The molecule has 0 N–H and O–H groups in total. The fourth-order valence-electron chi connectivity index (χ4n) is 3.40. The van der Waals surface area contributed by atoms with Crippen LogP contribution >= 0.6 is 11.8 Å². The molecular weight excluding hydrogens is 282 g/mol. The van der Waals surface area contributed by atoms with E-state index in [2.05, 4.69) is 0 Å². The molecule has 2 heterocycles. The van der Waals surface area contributed by atoms with Gasteiger partial charge in [0.1, 0.15) is 0 Å². The number of ether oxygens (including phenoxy) is 1. The van der Waals surface area contributed by atoms with E-state index in [-0.39, 0.29) is 23.1 Å². The standard InChI is InChI=1S/C15H16F2O2S/c1-19-15(18)14-10(7-9-3-5-13(14)20-9)8-2-4-11(16)12(17)6-8/h2,4,6,9-10,13-14H,3,5,7H2,1H3/t9?,10-,13?,14-/m0/s1. The van der Waals surface area contributed by atoms with Gasteiger partial charge in [-0.25, -0.2) is 8.78 Å². The Balaban J connectivity index is 1.96. The van der Waals surface area contributed by atoms with Crippen LogP contribution < -0.4 is 0 Å². The van der Waals surface area contributed by atoms with Crippen molar-refractivity contribution in [1.29, 1.82) is 0 Å².